The standard InChI is InChI=1S/C11H11NO3/c1-6-3-7(11(14)15-2)4-8-5-12-10(13)9(6)8/h3-4H,5H2,1-2H3,(H,12,13). The molecule has 1 aliphatic heterocycles. The van der Waals surface area contributed by atoms with Gasteiger partial charge in [0, 0.05) is 12.1 Å². The highest BCUT2D eigenvalue weighted by Gasteiger charge is 2.22. The van der Waals surface area contributed by atoms with Gasteiger partial charge < -0.3 is 10.1 Å². The molecule has 1 N–H and O–H groups in total. The number of hydrogen-bond donors (Lipinski definition) is 1. The predicted molar refractivity (Wildman–Crippen MR) is 53.7 cm³/mol. The van der Waals surface area contributed by atoms with Crippen molar-refractivity contribution in [1.29, 1.82) is 0 Å². The van der Waals surface area contributed by atoms with Crippen LogP contribution < -0.4 is 5.32 Å². The van der Waals surface area contributed by atoms with E-state index in [4.69, 9.17) is 0 Å². The molecule has 0 fully saturated rings. The number of amides is 1. The Morgan fingerprint density at radius 1 is 1.47 bits per heavy atom. The summed E-state index contributed by atoms with van der Waals surface area (Å²) in [5.41, 5.74) is 2.84. The highest BCUT2D eigenvalue weighted by atomic mass is 16.5. The normalized spacial score (nSPS) is 13.3. The van der Waals surface area contributed by atoms with E-state index in [2.05, 4.69) is 10.1 Å². The number of methoxy groups -OCH3 is 1. The van der Waals surface area contributed by atoms with Crippen molar-refractivity contribution in [1.82, 2.24) is 5.32 Å². The maximum Gasteiger partial charge on any atom is 0.337 e. The van der Waals surface area contributed by atoms with Crippen LogP contribution in [0.1, 0.15) is 31.8 Å². The third-order valence-electron chi connectivity index (χ3n) is 2.50. The molecular formula is C11H11NO3. The van der Waals surface area contributed by atoms with Gasteiger partial charge in [-0.25, -0.2) is 4.79 Å². The van der Waals surface area contributed by atoms with Crippen LogP contribution in [0.3, 0.4) is 0 Å². The Bertz CT molecular complexity index is 451. The van der Waals surface area contributed by atoms with E-state index in [-0.39, 0.29) is 11.9 Å². The number of aryl methyl sites for hydroxylation is 1. The molecular weight excluding hydrogens is 194 g/mol. The zero-order valence-electron chi connectivity index (χ0n) is 8.59. The van der Waals surface area contributed by atoms with Crippen molar-refractivity contribution >= 4 is 11.9 Å². The predicted octanol–water partition coefficient (Wildman–Crippen LogP) is 1.03. The highest BCUT2D eigenvalue weighted by molar-refractivity contribution is 6.01. The van der Waals surface area contributed by atoms with Gasteiger partial charge in [-0.2, -0.15) is 0 Å². The fourth-order valence-corrected chi connectivity index (χ4v) is 1.82. The smallest absolute Gasteiger partial charge is 0.337 e. The minimum atomic E-state index is -0.375. The second-order valence-electron chi connectivity index (χ2n) is 3.50. The SMILES string of the molecule is COC(=O)c1cc(C)c2c(c1)CNC2=O. The molecule has 0 radical (unpaired) electrons. The fraction of sp³-hybridized carbons (Fsp3) is 0.273. The van der Waals surface area contributed by atoms with Crippen LogP contribution in [0.2, 0.25) is 0 Å². The maximum atomic E-state index is 11.4. The van der Waals surface area contributed by atoms with E-state index in [0.717, 1.165) is 11.1 Å². The summed E-state index contributed by atoms with van der Waals surface area (Å²) in [6.45, 7) is 2.30. The number of esters is 1. The molecule has 1 aromatic carbocycles. The first-order chi connectivity index (χ1) is 7.13. The Kier molecular flexibility index (Phi) is 2.19. The van der Waals surface area contributed by atoms with Gasteiger partial charge in [0.2, 0.25) is 0 Å². The first kappa shape index (κ1) is 9.71. The summed E-state index contributed by atoms with van der Waals surface area (Å²) >= 11 is 0. The van der Waals surface area contributed by atoms with E-state index in [1.54, 1.807) is 12.1 Å². The molecule has 0 saturated carbocycles. The minimum absolute atomic E-state index is 0.0704. The molecule has 4 nitrogen and oxygen atoms in total. The van der Waals surface area contributed by atoms with Crippen LogP contribution >= 0.6 is 0 Å². The Hall–Kier alpha value is -1.84. The van der Waals surface area contributed by atoms with Crippen molar-refractivity contribution in [3.05, 3.63) is 34.4 Å². The van der Waals surface area contributed by atoms with Crippen molar-refractivity contribution in [3.8, 4) is 0 Å². The second kappa shape index (κ2) is 3.38. The molecule has 15 heavy (non-hydrogen) atoms. The number of benzene rings is 1. The molecule has 1 heterocycles. The molecule has 1 amide bonds. The van der Waals surface area contributed by atoms with Crippen LogP contribution in [0, 0.1) is 6.92 Å². The number of hydrogen-bond acceptors (Lipinski definition) is 3. The quantitative estimate of drug-likeness (QED) is 0.696. The van der Waals surface area contributed by atoms with Gasteiger partial charge in [0.15, 0.2) is 0 Å². The topological polar surface area (TPSA) is 55.4 Å². The molecule has 0 aliphatic carbocycles. The summed E-state index contributed by atoms with van der Waals surface area (Å²) in [5, 5.41) is 2.72. The number of rotatable bonds is 1. The zero-order valence-corrected chi connectivity index (χ0v) is 8.59. The Morgan fingerprint density at radius 2 is 2.20 bits per heavy atom. The van der Waals surface area contributed by atoms with E-state index < -0.39 is 0 Å². The van der Waals surface area contributed by atoms with Gasteiger partial charge in [0.1, 0.15) is 0 Å². The first-order valence-electron chi connectivity index (χ1n) is 4.63. The Morgan fingerprint density at radius 3 is 2.87 bits per heavy atom. The minimum Gasteiger partial charge on any atom is -0.465 e. The summed E-state index contributed by atoms with van der Waals surface area (Å²) in [7, 11) is 1.34. The summed E-state index contributed by atoms with van der Waals surface area (Å²) in [6, 6.07) is 3.38. The molecule has 4 heteroatoms. The lowest BCUT2D eigenvalue weighted by molar-refractivity contribution is 0.0600. The molecule has 1 aromatic rings. The Labute approximate surface area is 87.2 Å². The molecule has 78 valence electrons. The number of ether oxygens (including phenoxy) is 1. The van der Waals surface area contributed by atoms with Gasteiger partial charge in [-0.05, 0) is 30.2 Å². The molecule has 0 unspecified atom stereocenters. The molecule has 2 rings (SSSR count). The Balaban J connectivity index is 2.53. The van der Waals surface area contributed by atoms with E-state index in [9.17, 15) is 9.59 Å². The van der Waals surface area contributed by atoms with Gasteiger partial charge >= 0.3 is 5.97 Å². The van der Waals surface area contributed by atoms with Crippen molar-refractivity contribution in [2.24, 2.45) is 0 Å². The highest BCUT2D eigenvalue weighted by Crippen LogP contribution is 2.22. The average molecular weight is 205 g/mol. The van der Waals surface area contributed by atoms with Gasteiger partial charge in [-0.3, -0.25) is 4.79 Å². The third-order valence-corrected chi connectivity index (χ3v) is 2.50. The second-order valence-corrected chi connectivity index (χ2v) is 3.50. The van der Waals surface area contributed by atoms with E-state index >= 15 is 0 Å². The lowest BCUT2D eigenvalue weighted by Crippen LogP contribution is -2.13. The first-order valence-corrected chi connectivity index (χ1v) is 4.63. The summed E-state index contributed by atoms with van der Waals surface area (Å²) in [4.78, 5) is 22.7. The summed E-state index contributed by atoms with van der Waals surface area (Å²) in [6.07, 6.45) is 0. The number of fused-ring (bicyclic) bond motifs is 1. The van der Waals surface area contributed by atoms with Crippen LogP contribution in [0.4, 0.5) is 0 Å². The molecule has 0 saturated heterocycles. The van der Waals surface area contributed by atoms with Crippen LogP contribution in [0.5, 0.6) is 0 Å². The third kappa shape index (κ3) is 1.48. The number of carbonyl (C=O) groups is 2. The van der Waals surface area contributed by atoms with Gasteiger partial charge in [0.05, 0.1) is 12.7 Å². The fourth-order valence-electron chi connectivity index (χ4n) is 1.82. The molecule has 1 aliphatic rings. The van der Waals surface area contributed by atoms with E-state index in [1.807, 2.05) is 6.92 Å². The summed E-state index contributed by atoms with van der Waals surface area (Å²) < 4.78 is 4.63. The number of nitrogens with one attached hydrogen (secondary N) is 1. The van der Waals surface area contributed by atoms with Gasteiger partial charge in [0.25, 0.3) is 5.91 Å². The average Bonchev–Trinajstić information content (AvgIpc) is 2.59. The lowest BCUT2D eigenvalue weighted by Gasteiger charge is -2.04. The number of carbonyl (C=O) groups excluding carboxylic acids is 2. The van der Waals surface area contributed by atoms with Crippen LogP contribution in [0.25, 0.3) is 0 Å². The van der Waals surface area contributed by atoms with Gasteiger partial charge in [-0.1, -0.05) is 0 Å². The maximum absolute atomic E-state index is 11.4. The largest absolute Gasteiger partial charge is 0.465 e. The summed E-state index contributed by atoms with van der Waals surface area (Å²) in [5.74, 6) is -0.445. The van der Waals surface area contributed by atoms with Crippen molar-refractivity contribution in [2.75, 3.05) is 7.11 Å². The zero-order chi connectivity index (χ0) is 11.0. The van der Waals surface area contributed by atoms with Crippen LogP contribution in [0.15, 0.2) is 12.1 Å². The van der Waals surface area contributed by atoms with Crippen LogP contribution in [-0.2, 0) is 11.3 Å². The molecule has 0 atom stereocenters. The van der Waals surface area contributed by atoms with Crippen LogP contribution in [-0.4, -0.2) is 19.0 Å². The van der Waals surface area contributed by atoms with Crippen molar-refractivity contribution in [2.45, 2.75) is 13.5 Å². The molecule has 0 bridgehead atoms. The molecule has 0 aromatic heterocycles. The van der Waals surface area contributed by atoms with Gasteiger partial charge in [-0.15, -0.1) is 0 Å². The lowest BCUT2D eigenvalue weighted by atomic mass is 10.0. The van der Waals surface area contributed by atoms with Crippen molar-refractivity contribution < 1.29 is 14.3 Å². The molecule has 0 spiro atoms. The van der Waals surface area contributed by atoms with E-state index in [0.29, 0.717) is 17.7 Å². The van der Waals surface area contributed by atoms with E-state index in [1.165, 1.54) is 7.11 Å². The monoisotopic (exact) mass is 205 g/mol. The van der Waals surface area contributed by atoms with Crippen molar-refractivity contribution in [3.63, 3.8) is 0 Å².